The molecule has 1 aliphatic heterocycles. The van der Waals surface area contributed by atoms with Crippen LogP contribution in [0, 0.1) is 5.82 Å². The van der Waals surface area contributed by atoms with Crippen molar-refractivity contribution < 1.29 is 18.7 Å². The quantitative estimate of drug-likeness (QED) is 0.624. The summed E-state index contributed by atoms with van der Waals surface area (Å²) in [6, 6.07) is 14.7. The van der Waals surface area contributed by atoms with Crippen molar-refractivity contribution in [3.63, 3.8) is 0 Å². The third-order valence-electron chi connectivity index (χ3n) is 5.19. The minimum Gasteiger partial charge on any atom is -0.497 e. The Balaban J connectivity index is 1.43. The molecule has 0 unspecified atom stereocenters. The zero-order valence-corrected chi connectivity index (χ0v) is 17.4. The fourth-order valence-electron chi connectivity index (χ4n) is 3.57. The minimum absolute atomic E-state index is 0.0379. The van der Waals surface area contributed by atoms with Crippen LogP contribution in [0.4, 0.5) is 10.2 Å². The second-order valence-corrected chi connectivity index (χ2v) is 7.30. The van der Waals surface area contributed by atoms with Crippen molar-refractivity contribution in [3.8, 4) is 17.4 Å². The number of anilines is 1. The number of ether oxygens (including phenoxy) is 2. The van der Waals surface area contributed by atoms with E-state index in [2.05, 4.69) is 14.9 Å². The lowest BCUT2D eigenvalue weighted by Gasteiger charge is -2.40. The topological polar surface area (TPSA) is 67.8 Å². The van der Waals surface area contributed by atoms with E-state index >= 15 is 0 Å². The van der Waals surface area contributed by atoms with E-state index in [1.54, 1.807) is 24.1 Å². The summed E-state index contributed by atoms with van der Waals surface area (Å²) < 4.78 is 24.2. The summed E-state index contributed by atoms with van der Waals surface area (Å²) in [7, 11) is 1.60. The summed E-state index contributed by atoms with van der Waals surface area (Å²) in [5.41, 5.74) is 0.484. The number of piperazine rings is 1. The highest BCUT2D eigenvalue weighted by Crippen LogP contribution is 2.26. The molecule has 3 aromatic rings. The van der Waals surface area contributed by atoms with Gasteiger partial charge in [0.2, 0.25) is 5.88 Å². The van der Waals surface area contributed by atoms with Crippen molar-refractivity contribution in [2.45, 2.75) is 13.0 Å². The van der Waals surface area contributed by atoms with Crippen LogP contribution < -0.4 is 14.4 Å². The van der Waals surface area contributed by atoms with Crippen LogP contribution in [0.1, 0.15) is 17.3 Å². The molecule has 31 heavy (non-hydrogen) atoms. The maximum Gasteiger partial charge on any atom is 0.254 e. The van der Waals surface area contributed by atoms with Crippen molar-refractivity contribution in [2.24, 2.45) is 0 Å². The van der Waals surface area contributed by atoms with Crippen LogP contribution in [0.25, 0.3) is 0 Å². The lowest BCUT2D eigenvalue weighted by Crippen LogP contribution is -2.54. The average Bonchev–Trinajstić information content (AvgIpc) is 2.79. The molecule has 7 nitrogen and oxygen atoms in total. The van der Waals surface area contributed by atoms with Gasteiger partial charge in [0.1, 0.15) is 29.5 Å². The fraction of sp³-hybridized carbons (Fsp3) is 0.261. The van der Waals surface area contributed by atoms with Crippen LogP contribution in [0.3, 0.4) is 0 Å². The molecule has 1 atom stereocenters. The van der Waals surface area contributed by atoms with Crippen molar-refractivity contribution in [3.05, 3.63) is 72.3 Å². The molecule has 1 aliphatic rings. The van der Waals surface area contributed by atoms with Gasteiger partial charge in [-0.2, -0.15) is 0 Å². The zero-order chi connectivity index (χ0) is 21.8. The number of hydrogen-bond acceptors (Lipinski definition) is 6. The molecule has 4 rings (SSSR count). The highest BCUT2D eigenvalue weighted by Gasteiger charge is 2.29. The van der Waals surface area contributed by atoms with E-state index in [0.717, 1.165) is 5.82 Å². The van der Waals surface area contributed by atoms with E-state index in [4.69, 9.17) is 9.47 Å². The Kier molecular flexibility index (Phi) is 5.97. The Morgan fingerprint density at radius 2 is 1.84 bits per heavy atom. The van der Waals surface area contributed by atoms with Crippen LogP contribution >= 0.6 is 0 Å². The molecular weight excluding hydrogens is 399 g/mol. The normalized spacial score (nSPS) is 16.2. The highest BCUT2D eigenvalue weighted by atomic mass is 19.1. The first-order chi connectivity index (χ1) is 15.0. The van der Waals surface area contributed by atoms with Crippen LogP contribution in [0.5, 0.6) is 17.4 Å². The van der Waals surface area contributed by atoms with Gasteiger partial charge in [0.15, 0.2) is 0 Å². The summed E-state index contributed by atoms with van der Waals surface area (Å²) in [5.74, 6) is 2.01. The largest absolute Gasteiger partial charge is 0.497 e. The Bertz CT molecular complexity index is 1060. The molecule has 1 saturated heterocycles. The van der Waals surface area contributed by atoms with E-state index in [1.807, 2.05) is 25.1 Å². The maximum atomic E-state index is 13.2. The van der Waals surface area contributed by atoms with Crippen LogP contribution in [0.2, 0.25) is 0 Å². The first-order valence-corrected chi connectivity index (χ1v) is 9.99. The van der Waals surface area contributed by atoms with Gasteiger partial charge in [-0.15, -0.1) is 0 Å². The molecule has 1 fully saturated rings. The molecule has 2 aromatic carbocycles. The van der Waals surface area contributed by atoms with Gasteiger partial charge in [-0.1, -0.05) is 6.07 Å². The van der Waals surface area contributed by atoms with E-state index in [1.165, 1.54) is 30.6 Å². The molecular formula is C23H23FN4O3. The summed E-state index contributed by atoms with van der Waals surface area (Å²) in [5, 5.41) is 0. The number of halogens is 1. The summed E-state index contributed by atoms with van der Waals surface area (Å²) in [6.07, 6.45) is 1.46. The number of benzene rings is 2. The molecule has 0 radical (unpaired) electrons. The monoisotopic (exact) mass is 422 g/mol. The number of nitrogens with zero attached hydrogens (tertiary/aromatic N) is 4. The minimum atomic E-state index is -0.356. The van der Waals surface area contributed by atoms with Crippen LogP contribution in [-0.2, 0) is 0 Å². The number of rotatable bonds is 5. The van der Waals surface area contributed by atoms with Gasteiger partial charge in [0, 0.05) is 43.4 Å². The maximum absolute atomic E-state index is 13.2. The van der Waals surface area contributed by atoms with Gasteiger partial charge in [0.05, 0.1) is 7.11 Å². The van der Waals surface area contributed by atoms with E-state index in [0.29, 0.717) is 42.6 Å². The molecule has 8 heteroatoms. The van der Waals surface area contributed by atoms with Gasteiger partial charge in [-0.25, -0.2) is 14.4 Å². The van der Waals surface area contributed by atoms with Crippen molar-refractivity contribution in [2.75, 3.05) is 31.6 Å². The smallest absolute Gasteiger partial charge is 0.254 e. The Morgan fingerprint density at radius 1 is 1.06 bits per heavy atom. The lowest BCUT2D eigenvalue weighted by atomic mass is 10.1. The molecule has 0 bridgehead atoms. The van der Waals surface area contributed by atoms with E-state index in [-0.39, 0.29) is 17.8 Å². The van der Waals surface area contributed by atoms with Gasteiger partial charge in [0.25, 0.3) is 5.91 Å². The van der Waals surface area contributed by atoms with E-state index < -0.39 is 0 Å². The first kappa shape index (κ1) is 20.6. The Morgan fingerprint density at radius 3 is 2.58 bits per heavy atom. The van der Waals surface area contributed by atoms with Gasteiger partial charge in [-0.3, -0.25) is 4.79 Å². The number of aromatic nitrogens is 2. The highest BCUT2D eigenvalue weighted by molar-refractivity contribution is 5.94. The second-order valence-electron chi connectivity index (χ2n) is 7.30. The number of carbonyl (C=O) groups excluding carboxylic acids is 1. The number of amides is 1. The van der Waals surface area contributed by atoms with Crippen molar-refractivity contribution >= 4 is 11.7 Å². The fourth-order valence-corrected chi connectivity index (χ4v) is 3.57. The van der Waals surface area contributed by atoms with Gasteiger partial charge < -0.3 is 19.3 Å². The summed E-state index contributed by atoms with van der Waals surface area (Å²) >= 11 is 0. The molecule has 0 saturated carbocycles. The second kappa shape index (κ2) is 8.99. The lowest BCUT2D eigenvalue weighted by molar-refractivity contribution is 0.0673. The Labute approximate surface area is 180 Å². The molecule has 0 N–H and O–H groups in total. The zero-order valence-electron chi connectivity index (χ0n) is 17.4. The number of carbonyl (C=O) groups is 1. The molecule has 1 amide bonds. The third-order valence-corrected chi connectivity index (χ3v) is 5.19. The molecule has 1 aromatic heterocycles. The number of hydrogen-bond donors (Lipinski definition) is 0. The molecule has 2 heterocycles. The predicted molar refractivity (Wildman–Crippen MR) is 114 cm³/mol. The van der Waals surface area contributed by atoms with Crippen molar-refractivity contribution in [1.29, 1.82) is 0 Å². The molecule has 0 spiro atoms. The molecule has 0 aliphatic carbocycles. The van der Waals surface area contributed by atoms with Crippen LogP contribution in [0.15, 0.2) is 60.9 Å². The third kappa shape index (κ3) is 4.74. The average molecular weight is 422 g/mol. The van der Waals surface area contributed by atoms with Crippen LogP contribution in [-0.4, -0.2) is 53.6 Å². The summed E-state index contributed by atoms with van der Waals surface area (Å²) in [4.78, 5) is 25.3. The summed E-state index contributed by atoms with van der Waals surface area (Å²) in [6.45, 7) is 3.76. The van der Waals surface area contributed by atoms with Gasteiger partial charge >= 0.3 is 0 Å². The standard InChI is InChI=1S/C23H23FN4O3/c1-16-14-27(10-11-28(16)23(29)17-6-8-18(24)9-7-17)21-13-22(26-15-25-21)31-20-5-3-4-19(12-20)30-2/h3-9,12-13,15-16H,10-11,14H2,1-2H3/t16-/m0/s1. The molecule has 160 valence electrons. The van der Waals surface area contributed by atoms with E-state index in [9.17, 15) is 9.18 Å². The number of methoxy groups -OCH3 is 1. The SMILES string of the molecule is COc1cccc(Oc2cc(N3CCN(C(=O)c4ccc(F)cc4)[C@@H](C)C3)ncn2)c1. The first-order valence-electron chi connectivity index (χ1n) is 9.99. The van der Waals surface area contributed by atoms with Crippen molar-refractivity contribution in [1.82, 2.24) is 14.9 Å². The Hall–Kier alpha value is -3.68. The predicted octanol–water partition coefficient (Wildman–Crippen LogP) is 3.77. The van der Waals surface area contributed by atoms with Gasteiger partial charge in [-0.05, 0) is 43.3 Å².